The van der Waals surface area contributed by atoms with E-state index in [-0.39, 0.29) is 12.0 Å². The number of esters is 1. The van der Waals surface area contributed by atoms with Gasteiger partial charge in [0.05, 0.1) is 7.11 Å². The van der Waals surface area contributed by atoms with Crippen LogP contribution in [0.25, 0.3) is 0 Å². The molecule has 0 radical (unpaired) electrons. The van der Waals surface area contributed by atoms with Crippen LogP contribution in [0.5, 0.6) is 0 Å². The maximum Gasteiger partial charge on any atom is 0.325 e. The van der Waals surface area contributed by atoms with Gasteiger partial charge in [0.25, 0.3) is 0 Å². The molecule has 3 unspecified atom stereocenters. The predicted octanol–water partition coefficient (Wildman–Crippen LogP) is 2.82. The summed E-state index contributed by atoms with van der Waals surface area (Å²) >= 11 is 0. The number of methoxy groups -OCH3 is 1. The molecule has 0 aromatic carbocycles. The van der Waals surface area contributed by atoms with Gasteiger partial charge in [-0.15, -0.1) is 0 Å². The number of carbonyl (C=O) groups is 1. The van der Waals surface area contributed by atoms with Crippen molar-refractivity contribution in [1.29, 1.82) is 0 Å². The van der Waals surface area contributed by atoms with Gasteiger partial charge in [0.2, 0.25) is 0 Å². The van der Waals surface area contributed by atoms with E-state index in [4.69, 9.17) is 4.74 Å². The minimum atomic E-state index is -0.636. The van der Waals surface area contributed by atoms with Crippen LogP contribution < -0.4 is 5.32 Å². The van der Waals surface area contributed by atoms with Crippen molar-refractivity contribution in [2.45, 2.75) is 84.5 Å². The van der Waals surface area contributed by atoms with Crippen LogP contribution in [0, 0.1) is 0 Å². The van der Waals surface area contributed by atoms with Crippen molar-refractivity contribution in [2.75, 3.05) is 14.2 Å². The second kappa shape index (κ2) is 8.63. The number of nitrogens with zero attached hydrogens (tertiary/aromatic N) is 1. The minimum Gasteiger partial charge on any atom is -0.468 e. The van der Waals surface area contributed by atoms with Crippen molar-refractivity contribution < 1.29 is 9.53 Å². The number of nitrogens with one attached hydrogen (secondary N) is 1. The molecule has 0 saturated carbocycles. The zero-order chi connectivity index (χ0) is 15.9. The molecule has 0 aromatic heterocycles. The number of rotatable bonds is 9. The Labute approximate surface area is 125 Å². The summed E-state index contributed by atoms with van der Waals surface area (Å²) in [4.78, 5) is 14.5. The maximum absolute atomic E-state index is 12.1. The van der Waals surface area contributed by atoms with Gasteiger partial charge in [-0.3, -0.25) is 10.1 Å². The molecule has 0 aliphatic rings. The van der Waals surface area contributed by atoms with Crippen LogP contribution in [-0.2, 0) is 9.53 Å². The van der Waals surface area contributed by atoms with E-state index in [1.165, 1.54) is 20.0 Å². The number of carbonyl (C=O) groups excluding carboxylic acids is 1. The Balaban J connectivity index is 4.84. The average Bonchev–Trinajstić information content (AvgIpc) is 2.35. The second-order valence-corrected chi connectivity index (χ2v) is 6.48. The second-order valence-electron chi connectivity index (χ2n) is 6.48. The monoisotopic (exact) mass is 286 g/mol. The molecule has 0 aliphatic heterocycles. The van der Waals surface area contributed by atoms with Crippen molar-refractivity contribution in [3.63, 3.8) is 0 Å². The Hall–Kier alpha value is -0.610. The third kappa shape index (κ3) is 5.80. The highest BCUT2D eigenvalue weighted by molar-refractivity contribution is 5.80. The van der Waals surface area contributed by atoms with Gasteiger partial charge in [-0.25, -0.2) is 0 Å². The van der Waals surface area contributed by atoms with Crippen LogP contribution >= 0.6 is 0 Å². The summed E-state index contributed by atoms with van der Waals surface area (Å²) in [6, 6.07) is 1.08. The lowest BCUT2D eigenvalue weighted by molar-refractivity contribution is -0.149. The smallest absolute Gasteiger partial charge is 0.325 e. The van der Waals surface area contributed by atoms with Gasteiger partial charge in [0, 0.05) is 18.1 Å². The zero-order valence-corrected chi connectivity index (χ0v) is 14.6. The molecule has 0 fully saturated rings. The Morgan fingerprint density at radius 3 is 2.20 bits per heavy atom. The van der Waals surface area contributed by atoms with Crippen molar-refractivity contribution in [1.82, 2.24) is 10.2 Å². The first-order valence-corrected chi connectivity index (χ1v) is 7.76. The third-order valence-electron chi connectivity index (χ3n) is 4.04. The first kappa shape index (κ1) is 19.4. The largest absolute Gasteiger partial charge is 0.468 e. The van der Waals surface area contributed by atoms with Crippen LogP contribution in [0.1, 0.15) is 60.8 Å². The van der Waals surface area contributed by atoms with E-state index in [0.29, 0.717) is 12.1 Å². The maximum atomic E-state index is 12.1. The Morgan fingerprint density at radius 1 is 1.25 bits per heavy atom. The van der Waals surface area contributed by atoms with Gasteiger partial charge < -0.3 is 9.64 Å². The first-order valence-electron chi connectivity index (χ1n) is 7.76. The molecule has 4 heteroatoms. The molecule has 0 aromatic rings. The highest BCUT2D eigenvalue weighted by Gasteiger charge is 2.37. The summed E-state index contributed by atoms with van der Waals surface area (Å²) in [5.41, 5.74) is -0.636. The van der Waals surface area contributed by atoms with E-state index in [2.05, 4.69) is 51.9 Å². The number of ether oxygens (including phenoxy) is 1. The van der Waals surface area contributed by atoms with E-state index in [0.717, 1.165) is 6.42 Å². The summed E-state index contributed by atoms with van der Waals surface area (Å²) in [6.45, 7) is 12.7. The molecule has 0 bridgehead atoms. The van der Waals surface area contributed by atoms with Gasteiger partial charge in [-0.05, 0) is 54.5 Å². The molecule has 0 saturated heterocycles. The van der Waals surface area contributed by atoms with E-state index in [1.54, 1.807) is 0 Å². The zero-order valence-electron chi connectivity index (χ0n) is 14.6. The topological polar surface area (TPSA) is 41.6 Å². The van der Waals surface area contributed by atoms with Crippen LogP contribution in [-0.4, -0.2) is 48.7 Å². The molecule has 0 amide bonds. The van der Waals surface area contributed by atoms with Crippen LogP contribution in [0.2, 0.25) is 0 Å². The summed E-state index contributed by atoms with van der Waals surface area (Å²) < 4.78 is 4.98. The fourth-order valence-corrected chi connectivity index (χ4v) is 2.85. The number of hydrogen-bond acceptors (Lipinski definition) is 4. The predicted molar refractivity (Wildman–Crippen MR) is 84.9 cm³/mol. The van der Waals surface area contributed by atoms with E-state index in [9.17, 15) is 4.79 Å². The van der Waals surface area contributed by atoms with E-state index >= 15 is 0 Å². The van der Waals surface area contributed by atoms with Crippen LogP contribution in [0.4, 0.5) is 0 Å². The normalized spacial score (nSPS) is 17.9. The summed E-state index contributed by atoms with van der Waals surface area (Å²) in [5, 5.41) is 3.36. The Morgan fingerprint density at radius 2 is 1.80 bits per heavy atom. The van der Waals surface area contributed by atoms with Gasteiger partial charge >= 0.3 is 5.97 Å². The van der Waals surface area contributed by atoms with Crippen molar-refractivity contribution >= 4 is 5.97 Å². The molecule has 3 atom stereocenters. The quantitative estimate of drug-likeness (QED) is 0.662. The van der Waals surface area contributed by atoms with Crippen molar-refractivity contribution in [3.8, 4) is 0 Å². The van der Waals surface area contributed by atoms with E-state index in [1.807, 2.05) is 6.92 Å². The van der Waals surface area contributed by atoms with Gasteiger partial charge in [-0.2, -0.15) is 0 Å². The van der Waals surface area contributed by atoms with Gasteiger partial charge in [0.15, 0.2) is 0 Å². The standard InChI is InChI=1S/C16H34N2O2/c1-9-10-13(4)18(7)14(5)11-16(6,15(19)20-8)17-12(2)3/h12-14,17H,9-11H2,1-8H3. The molecule has 0 aliphatic carbocycles. The summed E-state index contributed by atoms with van der Waals surface area (Å²) in [7, 11) is 3.59. The first-order chi connectivity index (χ1) is 9.17. The molecular formula is C16H34N2O2. The molecule has 0 rings (SSSR count). The van der Waals surface area contributed by atoms with Crippen molar-refractivity contribution in [3.05, 3.63) is 0 Å². The van der Waals surface area contributed by atoms with E-state index < -0.39 is 5.54 Å². The molecule has 0 heterocycles. The molecular weight excluding hydrogens is 252 g/mol. The highest BCUT2D eigenvalue weighted by atomic mass is 16.5. The van der Waals surface area contributed by atoms with Crippen LogP contribution in [0.15, 0.2) is 0 Å². The Kier molecular flexibility index (Phi) is 8.36. The highest BCUT2D eigenvalue weighted by Crippen LogP contribution is 2.20. The van der Waals surface area contributed by atoms with Gasteiger partial charge in [0.1, 0.15) is 5.54 Å². The Bertz CT molecular complexity index is 294. The van der Waals surface area contributed by atoms with Crippen LogP contribution in [0.3, 0.4) is 0 Å². The third-order valence-corrected chi connectivity index (χ3v) is 4.04. The molecule has 120 valence electrons. The number of hydrogen-bond donors (Lipinski definition) is 1. The lowest BCUT2D eigenvalue weighted by Crippen LogP contribution is -2.56. The fraction of sp³-hybridized carbons (Fsp3) is 0.938. The average molecular weight is 286 g/mol. The fourth-order valence-electron chi connectivity index (χ4n) is 2.85. The molecule has 4 nitrogen and oxygen atoms in total. The minimum absolute atomic E-state index is 0.186. The van der Waals surface area contributed by atoms with Gasteiger partial charge in [-0.1, -0.05) is 13.3 Å². The lowest BCUT2D eigenvalue weighted by Gasteiger charge is -2.37. The molecule has 1 N–H and O–H groups in total. The molecule has 0 spiro atoms. The summed E-state index contributed by atoms with van der Waals surface area (Å²) in [5.74, 6) is -0.186. The lowest BCUT2D eigenvalue weighted by atomic mass is 9.91. The summed E-state index contributed by atoms with van der Waals surface area (Å²) in [6.07, 6.45) is 3.09. The van der Waals surface area contributed by atoms with Crippen molar-refractivity contribution in [2.24, 2.45) is 0 Å². The SMILES string of the molecule is CCCC(C)N(C)C(C)CC(C)(NC(C)C)C(=O)OC. The molecule has 20 heavy (non-hydrogen) atoms.